The Hall–Kier alpha value is -1.89. The molecule has 2 aromatic rings. The topological polar surface area (TPSA) is 17.1 Å². The summed E-state index contributed by atoms with van der Waals surface area (Å²) in [5.41, 5.74) is 3.67. The maximum Gasteiger partial charge on any atom is 0.137 e. The fourth-order valence-corrected chi connectivity index (χ4v) is 2.14. The van der Waals surface area contributed by atoms with E-state index in [0.717, 1.165) is 18.4 Å². The number of carbonyl (C=O) groups excluding carboxylic acids is 1. The maximum absolute atomic E-state index is 11.9. The molecule has 0 saturated heterocycles. The molecule has 0 bridgehead atoms. The average Bonchev–Trinajstić information content (AvgIpc) is 2.47. The number of hydrogen-bond donors (Lipinski definition) is 0. The second-order valence-electron chi connectivity index (χ2n) is 4.87. The summed E-state index contributed by atoms with van der Waals surface area (Å²) in [5.74, 6) is 0.313. The van der Waals surface area contributed by atoms with Gasteiger partial charge in [0.2, 0.25) is 0 Å². The highest BCUT2D eigenvalue weighted by molar-refractivity contribution is 5.81. The summed E-state index contributed by atoms with van der Waals surface area (Å²) in [6.45, 7) is 2.14. The molecule has 0 amide bonds. The van der Waals surface area contributed by atoms with E-state index < -0.39 is 0 Å². The van der Waals surface area contributed by atoms with Gasteiger partial charge in [0.15, 0.2) is 0 Å². The van der Waals surface area contributed by atoms with Gasteiger partial charge < -0.3 is 0 Å². The third kappa shape index (κ3) is 4.36. The molecule has 2 rings (SSSR count). The first kappa shape index (κ1) is 13.5. The highest BCUT2D eigenvalue weighted by Crippen LogP contribution is 2.09. The van der Waals surface area contributed by atoms with Crippen LogP contribution in [0.2, 0.25) is 0 Å². The van der Waals surface area contributed by atoms with Crippen LogP contribution in [-0.4, -0.2) is 5.78 Å². The Balaban J connectivity index is 1.83. The Bertz CT molecular complexity index is 511. The van der Waals surface area contributed by atoms with Gasteiger partial charge in [-0.25, -0.2) is 0 Å². The van der Waals surface area contributed by atoms with E-state index >= 15 is 0 Å². The molecular weight excluding hydrogens is 232 g/mol. The molecule has 0 atom stereocenters. The van der Waals surface area contributed by atoms with Crippen LogP contribution in [0.3, 0.4) is 0 Å². The Morgan fingerprint density at radius 2 is 1.47 bits per heavy atom. The van der Waals surface area contributed by atoms with Crippen molar-refractivity contribution in [3.8, 4) is 0 Å². The first-order valence-corrected chi connectivity index (χ1v) is 6.91. The summed E-state index contributed by atoms with van der Waals surface area (Å²) in [6.07, 6.45) is 3.06. The quantitative estimate of drug-likeness (QED) is 0.759. The van der Waals surface area contributed by atoms with Gasteiger partial charge in [-0.2, -0.15) is 0 Å². The van der Waals surface area contributed by atoms with Gasteiger partial charge in [-0.3, -0.25) is 4.79 Å². The summed E-state index contributed by atoms with van der Waals surface area (Å²) < 4.78 is 0. The van der Waals surface area contributed by atoms with Crippen LogP contribution in [0.5, 0.6) is 0 Å². The molecule has 0 unspecified atom stereocenters. The summed E-state index contributed by atoms with van der Waals surface area (Å²) in [7, 11) is 0. The Labute approximate surface area is 115 Å². The standard InChI is InChI=1S/C18H20O/c1-2-15-8-10-17(11-9-15)14-18(19)13-12-16-6-4-3-5-7-16/h3-11H,2,12-14H2,1H3. The van der Waals surface area contributed by atoms with E-state index in [9.17, 15) is 4.79 Å². The normalized spacial score (nSPS) is 10.4. The molecule has 1 heteroatoms. The van der Waals surface area contributed by atoms with Crippen molar-refractivity contribution in [2.24, 2.45) is 0 Å². The second-order valence-corrected chi connectivity index (χ2v) is 4.87. The van der Waals surface area contributed by atoms with Crippen LogP contribution in [0, 0.1) is 0 Å². The van der Waals surface area contributed by atoms with E-state index in [4.69, 9.17) is 0 Å². The van der Waals surface area contributed by atoms with Gasteiger partial charge in [0.05, 0.1) is 0 Å². The monoisotopic (exact) mass is 252 g/mol. The number of benzene rings is 2. The molecule has 0 aliphatic heterocycles. The van der Waals surface area contributed by atoms with Crippen LogP contribution in [0.4, 0.5) is 0 Å². The van der Waals surface area contributed by atoms with E-state index in [1.807, 2.05) is 18.2 Å². The van der Waals surface area contributed by atoms with Crippen LogP contribution in [0.25, 0.3) is 0 Å². The predicted molar refractivity (Wildman–Crippen MR) is 79.3 cm³/mol. The van der Waals surface area contributed by atoms with Gasteiger partial charge in [-0.1, -0.05) is 61.5 Å². The van der Waals surface area contributed by atoms with Crippen LogP contribution in [-0.2, 0) is 24.1 Å². The summed E-state index contributed by atoms with van der Waals surface area (Å²) in [6, 6.07) is 18.5. The van der Waals surface area contributed by atoms with Crippen molar-refractivity contribution < 1.29 is 4.79 Å². The predicted octanol–water partition coefficient (Wildman–Crippen LogP) is 3.99. The molecule has 19 heavy (non-hydrogen) atoms. The molecule has 0 spiro atoms. The fraction of sp³-hybridized carbons (Fsp3) is 0.278. The van der Waals surface area contributed by atoms with Crippen LogP contribution >= 0.6 is 0 Å². The zero-order valence-electron chi connectivity index (χ0n) is 11.4. The van der Waals surface area contributed by atoms with E-state index in [2.05, 4.69) is 43.3 Å². The van der Waals surface area contributed by atoms with Gasteiger partial charge in [-0.05, 0) is 29.5 Å². The van der Waals surface area contributed by atoms with E-state index in [-0.39, 0.29) is 0 Å². The van der Waals surface area contributed by atoms with Crippen LogP contribution in [0.15, 0.2) is 54.6 Å². The van der Waals surface area contributed by atoms with Crippen molar-refractivity contribution in [2.45, 2.75) is 32.6 Å². The smallest absolute Gasteiger partial charge is 0.137 e. The summed E-state index contributed by atoms with van der Waals surface area (Å²) in [4.78, 5) is 11.9. The zero-order chi connectivity index (χ0) is 13.5. The molecule has 98 valence electrons. The van der Waals surface area contributed by atoms with E-state index in [1.54, 1.807) is 0 Å². The molecule has 0 aliphatic carbocycles. The summed E-state index contributed by atoms with van der Waals surface area (Å²) >= 11 is 0. The number of aryl methyl sites for hydroxylation is 2. The number of Topliss-reactive ketones (excluding diaryl/α,β-unsaturated/α-hetero) is 1. The van der Waals surface area contributed by atoms with Crippen LogP contribution < -0.4 is 0 Å². The van der Waals surface area contributed by atoms with Gasteiger partial charge >= 0.3 is 0 Å². The molecule has 0 fully saturated rings. The molecule has 0 N–H and O–H groups in total. The molecule has 0 saturated carbocycles. The number of ketones is 1. The molecule has 0 radical (unpaired) electrons. The van der Waals surface area contributed by atoms with Crippen molar-refractivity contribution in [3.05, 3.63) is 71.3 Å². The van der Waals surface area contributed by atoms with E-state index in [1.165, 1.54) is 11.1 Å². The number of carbonyl (C=O) groups is 1. The molecule has 0 aromatic heterocycles. The largest absolute Gasteiger partial charge is 0.299 e. The minimum atomic E-state index is 0.313. The third-order valence-electron chi connectivity index (χ3n) is 3.37. The van der Waals surface area contributed by atoms with Crippen molar-refractivity contribution in [1.29, 1.82) is 0 Å². The highest BCUT2D eigenvalue weighted by atomic mass is 16.1. The molecule has 0 aliphatic rings. The van der Waals surface area contributed by atoms with Crippen LogP contribution in [0.1, 0.15) is 30.0 Å². The Morgan fingerprint density at radius 1 is 0.842 bits per heavy atom. The molecule has 2 aromatic carbocycles. The lowest BCUT2D eigenvalue weighted by atomic mass is 10.0. The first-order chi connectivity index (χ1) is 9.28. The van der Waals surface area contributed by atoms with Crippen molar-refractivity contribution >= 4 is 5.78 Å². The third-order valence-corrected chi connectivity index (χ3v) is 3.37. The fourth-order valence-electron chi connectivity index (χ4n) is 2.14. The minimum Gasteiger partial charge on any atom is -0.299 e. The van der Waals surface area contributed by atoms with Gasteiger partial charge in [0.1, 0.15) is 5.78 Å². The minimum absolute atomic E-state index is 0.313. The van der Waals surface area contributed by atoms with Gasteiger partial charge in [0.25, 0.3) is 0 Å². The molecule has 0 heterocycles. The lowest BCUT2D eigenvalue weighted by molar-refractivity contribution is -0.118. The number of hydrogen-bond acceptors (Lipinski definition) is 1. The molecule has 1 nitrogen and oxygen atoms in total. The lowest BCUT2D eigenvalue weighted by Crippen LogP contribution is -2.04. The summed E-state index contributed by atoms with van der Waals surface area (Å²) in [5, 5.41) is 0. The van der Waals surface area contributed by atoms with Gasteiger partial charge in [0, 0.05) is 12.8 Å². The maximum atomic E-state index is 11.9. The average molecular weight is 252 g/mol. The Morgan fingerprint density at radius 3 is 2.11 bits per heavy atom. The number of rotatable bonds is 6. The first-order valence-electron chi connectivity index (χ1n) is 6.91. The SMILES string of the molecule is CCc1ccc(CC(=O)CCc2ccccc2)cc1. The van der Waals surface area contributed by atoms with E-state index in [0.29, 0.717) is 18.6 Å². The van der Waals surface area contributed by atoms with Gasteiger partial charge in [-0.15, -0.1) is 0 Å². The highest BCUT2D eigenvalue weighted by Gasteiger charge is 2.04. The Kier molecular flexibility index (Phi) is 4.91. The second kappa shape index (κ2) is 6.89. The zero-order valence-corrected chi connectivity index (χ0v) is 11.4. The lowest BCUT2D eigenvalue weighted by Gasteiger charge is -2.03. The van der Waals surface area contributed by atoms with Crippen molar-refractivity contribution in [2.75, 3.05) is 0 Å². The van der Waals surface area contributed by atoms with Crippen molar-refractivity contribution in [1.82, 2.24) is 0 Å². The van der Waals surface area contributed by atoms with Crippen molar-refractivity contribution in [3.63, 3.8) is 0 Å². The molecular formula is C18H20O.